The van der Waals surface area contributed by atoms with Crippen LogP contribution in [0.3, 0.4) is 0 Å². The van der Waals surface area contributed by atoms with E-state index >= 15 is 0 Å². The topological polar surface area (TPSA) is 142 Å². The van der Waals surface area contributed by atoms with E-state index in [4.69, 9.17) is 33.0 Å². The molecule has 0 saturated carbocycles. The maximum absolute atomic E-state index is 13.1. The quantitative estimate of drug-likeness (QED) is 0.307. The van der Waals surface area contributed by atoms with Crippen molar-refractivity contribution in [3.05, 3.63) is 34.7 Å². The van der Waals surface area contributed by atoms with Crippen molar-refractivity contribution in [1.82, 2.24) is 24.8 Å². The van der Waals surface area contributed by atoms with Crippen molar-refractivity contribution in [2.45, 2.75) is 42.4 Å². The van der Waals surface area contributed by atoms with Crippen molar-refractivity contribution in [3.63, 3.8) is 0 Å². The molecule has 2 fully saturated rings. The van der Waals surface area contributed by atoms with Gasteiger partial charge in [-0.25, -0.2) is 9.97 Å². The number of amides is 1. The normalized spacial score (nSPS) is 20.2. The number of anilines is 1. The first-order valence-corrected chi connectivity index (χ1v) is 13.4. The van der Waals surface area contributed by atoms with Gasteiger partial charge in [0.1, 0.15) is 11.5 Å². The number of halogens is 1. The monoisotopic (exact) mass is 539 g/mol. The van der Waals surface area contributed by atoms with Gasteiger partial charge in [0, 0.05) is 55.0 Å². The summed E-state index contributed by atoms with van der Waals surface area (Å²) < 4.78 is 0. The Balaban J connectivity index is 1.50. The molecule has 0 aromatic carbocycles. The van der Waals surface area contributed by atoms with Gasteiger partial charge >= 0.3 is 0 Å². The summed E-state index contributed by atoms with van der Waals surface area (Å²) in [5.74, 6) is 0.379. The van der Waals surface area contributed by atoms with E-state index in [9.17, 15) is 4.79 Å². The van der Waals surface area contributed by atoms with E-state index in [1.807, 2.05) is 37.0 Å². The Labute approximate surface area is 224 Å². The van der Waals surface area contributed by atoms with E-state index in [-0.39, 0.29) is 23.9 Å². The third-order valence-corrected chi connectivity index (χ3v) is 8.00. The number of rotatable bonds is 7. The number of hydrogen-bond acceptors (Lipinski definition) is 9. The lowest BCUT2D eigenvalue weighted by atomic mass is 9.99. The Kier molecular flexibility index (Phi) is 7.21. The third-order valence-electron chi connectivity index (χ3n) is 6.76. The van der Waals surface area contributed by atoms with Gasteiger partial charge in [0.25, 0.3) is 0 Å². The van der Waals surface area contributed by atoms with Gasteiger partial charge in [-0.3, -0.25) is 14.8 Å². The second-order valence-corrected chi connectivity index (χ2v) is 10.8. The highest BCUT2D eigenvalue weighted by Gasteiger charge is 2.41. The summed E-state index contributed by atoms with van der Waals surface area (Å²) >= 11 is 8.15. The lowest BCUT2D eigenvalue weighted by Gasteiger charge is -2.38. The number of hydrogen-bond donors (Lipinski definition) is 3. The number of pyridine rings is 1. The number of nitrogens with zero attached hydrogens (tertiary/aromatic N) is 6. The molecule has 194 valence electrons. The van der Waals surface area contributed by atoms with Gasteiger partial charge < -0.3 is 26.3 Å². The van der Waals surface area contributed by atoms with Gasteiger partial charge in [-0.1, -0.05) is 24.6 Å². The number of aromatic nitrogens is 4. The van der Waals surface area contributed by atoms with Crippen LogP contribution in [-0.2, 0) is 11.2 Å². The van der Waals surface area contributed by atoms with Crippen LogP contribution < -0.4 is 16.4 Å². The summed E-state index contributed by atoms with van der Waals surface area (Å²) in [6, 6.07) is 1.63. The number of H-pyrrole nitrogens is 1. The zero-order valence-corrected chi connectivity index (χ0v) is 22.4. The van der Waals surface area contributed by atoms with Gasteiger partial charge in [0.05, 0.1) is 27.7 Å². The van der Waals surface area contributed by atoms with Crippen LogP contribution in [0, 0.1) is 5.92 Å². The fraction of sp³-hybridized carbons (Fsp3) is 0.400. The molecule has 5 N–H and O–H groups in total. The minimum atomic E-state index is -0.332. The van der Waals surface area contributed by atoms with Crippen LogP contribution in [0.5, 0.6) is 0 Å². The van der Waals surface area contributed by atoms with E-state index in [1.54, 1.807) is 11.1 Å². The summed E-state index contributed by atoms with van der Waals surface area (Å²) in [7, 11) is 0. The molecule has 1 amide bonds. The van der Waals surface area contributed by atoms with Crippen LogP contribution in [0.1, 0.15) is 25.2 Å². The van der Waals surface area contributed by atoms with E-state index in [2.05, 4.69) is 21.7 Å². The molecule has 37 heavy (non-hydrogen) atoms. The SMILES string of the molecule is C=Nc1cc(Sc2nc(N3C[C@@H](N)[C@@H](C(=O)N4CC(N)C4)C3)c3c(Cl)c(CC)[nH]c3n2)cnc1/C=C\C. The lowest BCUT2D eigenvalue weighted by Crippen LogP contribution is -2.60. The Hall–Kier alpha value is -2.99. The zero-order chi connectivity index (χ0) is 26.3. The van der Waals surface area contributed by atoms with Crippen molar-refractivity contribution in [3.8, 4) is 0 Å². The number of nitrogens with two attached hydrogens (primary N) is 2. The first-order chi connectivity index (χ1) is 17.8. The molecule has 12 heteroatoms. The molecule has 0 spiro atoms. The van der Waals surface area contributed by atoms with Crippen LogP contribution in [0.2, 0.25) is 5.02 Å². The van der Waals surface area contributed by atoms with Crippen molar-refractivity contribution < 1.29 is 4.79 Å². The molecule has 5 rings (SSSR count). The molecule has 2 aliphatic rings. The predicted molar refractivity (Wildman–Crippen MR) is 149 cm³/mol. The third kappa shape index (κ3) is 4.84. The minimum Gasteiger partial charge on any atom is -0.353 e. The van der Waals surface area contributed by atoms with Crippen LogP contribution in [0.25, 0.3) is 17.1 Å². The maximum Gasteiger partial charge on any atom is 0.229 e. The van der Waals surface area contributed by atoms with Crippen LogP contribution in [0.4, 0.5) is 11.5 Å². The Bertz CT molecular complexity index is 1380. The number of carbonyl (C=O) groups excluding carboxylic acids is 1. The van der Waals surface area contributed by atoms with Crippen LogP contribution in [0.15, 0.2) is 33.4 Å². The number of fused-ring (bicyclic) bond motifs is 1. The summed E-state index contributed by atoms with van der Waals surface area (Å²) in [6.07, 6.45) is 6.27. The molecular formula is C25H30ClN9OS. The molecule has 0 radical (unpaired) electrons. The number of likely N-dealkylation sites (tertiary alicyclic amines) is 1. The van der Waals surface area contributed by atoms with E-state index in [0.29, 0.717) is 53.5 Å². The average molecular weight is 540 g/mol. The number of aryl methyl sites for hydroxylation is 1. The molecule has 2 saturated heterocycles. The first-order valence-electron chi connectivity index (χ1n) is 12.2. The van der Waals surface area contributed by atoms with Crippen LogP contribution in [-0.4, -0.2) is 75.7 Å². The second kappa shape index (κ2) is 10.4. The second-order valence-electron chi connectivity index (χ2n) is 9.34. The largest absolute Gasteiger partial charge is 0.353 e. The standard InChI is InChI=1S/C25H30ClN9OS/c1-4-6-18-19(29-3)7-14(8-30-18)37-25-32-22-20(21(26)17(5-2)31-22)23(33-25)34-11-15(16(28)12-34)24(36)35-9-13(27)10-35/h4,6-8,13,15-16H,3,5,9-12,27-28H2,1-2H3,(H,31,32,33)/b6-4-/t15-,16+/m0/s1. The number of nitrogens with one attached hydrogen (secondary N) is 1. The van der Waals surface area contributed by atoms with Crippen molar-refractivity contribution in [1.29, 1.82) is 0 Å². The Morgan fingerprint density at radius 2 is 2.11 bits per heavy atom. The predicted octanol–water partition coefficient (Wildman–Crippen LogP) is 3.02. The highest BCUT2D eigenvalue weighted by Crippen LogP contribution is 2.39. The number of aliphatic imine (C=N–C) groups is 1. The molecule has 2 aliphatic heterocycles. The fourth-order valence-corrected chi connectivity index (χ4v) is 5.91. The summed E-state index contributed by atoms with van der Waals surface area (Å²) in [5.41, 5.74) is 15.3. The smallest absolute Gasteiger partial charge is 0.229 e. The molecule has 0 aliphatic carbocycles. The van der Waals surface area contributed by atoms with Gasteiger partial charge in [-0.2, -0.15) is 0 Å². The number of aromatic amines is 1. The van der Waals surface area contributed by atoms with E-state index in [1.165, 1.54) is 11.8 Å². The Morgan fingerprint density at radius 1 is 1.32 bits per heavy atom. The molecule has 0 unspecified atom stereocenters. The molecule has 3 aromatic heterocycles. The number of carbonyl (C=O) groups is 1. The van der Waals surface area contributed by atoms with Crippen molar-refractivity contribution in [2.75, 3.05) is 31.1 Å². The van der Waals surface area contributed by atoms with Gasteiger partial charge in [-0.05, 0) is 44.0 Å². The van der Waals surface area contributed by atoms with Crippen molar-refractivity contribution >= 4 is 64.6 Å². The average Bonchev–Trinajstić information content (AvgIpc) is 3.41. The van der Waals surface area contributed by atoms with E-state index in [0.717, 1.165) is 28.1 Å². The highest BCUT2D eigenvalue weighted by molar-refractivity contribution is 7.99. The molecule has 5 heterocycles. The minimum absolute atomic E-state index is 0.0442. The van der Waals surface area contributed by atoms with Gasteiger partial charge in [-0.15, -0.1) is 0 Å². The lowest BCUT2D eigenvalue weighted by molar-refractivity contribution is -0.139. The molecular weight excluding hydrogens is 510 g/mol. The molecule has 10 nitrogen and oxygen atoms in total. The van der Waals surface area contributed by atoms with Gasteiger partial charge in [0.15, 0.2) is 5.16 Å². The highest BCUT2D eigenvalue weighted by atomic mass is 35.5. The Morgan fingerprint density at radius 3 is 2.78 bits per heavy atom. The summed E-state index contributed by atoms with van der Waals surface area (Å²) in [4.78, 5) is 39.3. The van der Waals surface area contributed by atoms with Crippen LogP contribution >= 0.6 is 23.4 Å². The summed E-state index contributed by atoms with van der Waals surface area (Å²) in [5, 5.41) is 1.86. The summed E-state index contributed by atoms with van der Waals surface area (Å²) in [6.45, 7) is 9.71. The zero-order valence-electron chi connectivity index (χ0n) is 20.8. The number of allylic oxidation sites excluding steroid dienone is 1. The molecule has 3 aromatic rings. The molecule has 0 bridgehead atoms. The fourth-order valence-electron chi connectivity index (χ4n) is 4.80. The van der Waals surface area contributed by atoms with Crippen molar-refractivity contribution in [2.24, 2.45) is 22.4 Å². The first kappa shape index (κ1) is 25.7. The molecule has 2 atom stereocenters. The van der Waals surface area contributed by atoms with Gasteiger partial charge in [0.2, 0.25) is 5.91 Å². The maximum atomic E-state index is 13.1. The van der Waals surface area contributed by atoms with E-state index < -0.39 is 0 Å².